The number of hydrazine groups is 1. The molecule has 0 amide bonds. The summed E-state index contributed by atoms with van der Waals surface area (Å²) in [6.07, 6.45) is 5.45. The Morgan fingerprint density at radius 3 is 2.79 bits per heavy atom. The van der Waals surface area contributed by atoms with E-state index >= 15 is 0 Å². The number of nitrogens with two attached hydrogens (primary N) is 1. The SMILES string of the molecule is CCC(C)(C)C(NN)C1=CCCCO1. The minimum atomic E-state index is 0.132. The van der Waals surface area contributed by atoms with Gasteiger partial charge in [0, 0.05) is 0 Å². The molecule has 14 heavy (non-hydrogen) atoms. The maximum absolute atomic E-state index is 5.64. The van der Waals surface area contributed by atoms with Gasteiger partial charge in [-0.05, 0) is 30.8 Å². The second-order valence-electron chi connectivity index (χ2n) is 4.54. The van der Waals surface area contributed by atoms with E-state index in [1.54, 1.807) is 0 Å². The summed E-state index contributed by atoms with van der Waals surface area (Å²) < 4.78 is 5.64. The summed E-state index contributed by atoms with van der Waals surface area (Å²) in [6.45, 7) is 7.41. The first kappa shape index (κ1) is 11.5. The molecule has 1 aliphatic rings. The van der Waals surface area contributed by atoms with Crippen LogP contribution >= 0.6 is 0 Å². The van der Waals surface area contributed by atoms with E-state index < -0.39 is 0 Å². The first-order chi connectivity index (χ1) is 6.61. The van der Waals surface area contributed by atoms with Crippen LogP contribution in [0.2, 0.25) is 0 Å². The molecule has 82 valence electrons. The molecule has 0 aromatic heterocycles. The minimum Gasteiger partial charge on any atom is -0.497 e. The number of rotatable bonds is 4. The van der Waals surface area contributed by atoms with E-state index in [-0.39, 0.29) is 11.5 Å². The molecular weight excluding hydrogens is 176 g/mol. The highest BCUT2D eigenvalue weighted by molar-refractivity contribution is 5.09. The highest BCUT2D eigenvalue weighted by Crippen LogP contribution is 2.30. The predicted molar refractivity (Wildman–Crippen MR) is 58.5 cm³/mol. The van der Waals surface area contributed by atoms with Gasteiger partial charge in [-0.2, -0.15) is 0 Å². The van der Waals surface area contributed by atoms with Crippen molar-refractivity contribution in [2.24, 2.45) is 11.3 Å². The lowest BCUT2D eigenvalue weighted by Crippen LogP contribution is -2.47. The fraction of sp³-hybridized carbons (Fsp3) is 0.818. The highest BCUT2D eigenvalue weighted by Gasteiger charge is 2.31. The Morgan fingerprint density at radius 2 is 2.36 bits per heavy atom. The summed E-state index contributed by atoms with van der Waals surface area (Å²) in [5, 5.41) is 0. The van der Waals surface area contributed by atoms with Gasteiger partial charge >= 0.3 is 0 Å². The van der Waals surface area contributed by atoms with Crippen molar-refractivity contribution in [3.8, 4) is 0 Å². The molecule has 3 nitrogen and oxygen atoms in total. The van der Waals surface area contributed by atoms with Gasteiger partial charge in [0.2, 0.25) is 0 Å². The Morgan fingerprint density at radius 1 is 1.64 bits per heavy atom. The Kier molecular flexibility index (Phi) is 3.96. The first-order valence-corrected chi connectivity index (χ1v) is 5.41. The normalized spacial score (nSPS) is 19.9. The third-order valence-electron chi connectivity index (χ3n) is 3.11. The van der Waals surface area contributed by atoms with Crippen molar-refractivity contribution in [1.82, 2.24) is 5.43 Å². The maximum Gasteiger partial charge on any atom is 0.111 e. The van der Waals surface area contributed by atoms with Crippen molar-refractivity contribution < 1.29 is 4.74 Å². The first-order valence-electron chi connectivity index (χ1n) is 5.41. The molecule has 1 unspecified atom stereocenters. The molecule has 0 aromatic carbocycles. The van der Waals surface area contributed by atoms with Crippen molar-refractivity contribution in [3.05, 3.63) is 11.8 Å². The molecule has 1 aliphatic heterocycles. The zero-order valence-electron chi connectivity index (χ0n) is 9.47. The quantitative estimate of drug-likeness (QED) is 0.536. The average Bonchev–Trinajstić information content (AvgIpc) is 2.20. The van der Waals surface area contributed by atoms with E-state index in [4.69, 9.17) is 10.6 Å². The summed E-state index contributed by atoms with van der Waals surface area (Å²) in [7, 11) is 0. The zero-order valence-corrected chi connectivity index (χ0v) is 9.47. The van der Waals surface area contributed by atoms with Crippen molar-refractivity contribution in [2.45, 2.75) is 46.1 Å². The number of nitrogens with one attached hydrogen (secondary N) is 1. The Hall–Kier alpha value is -0.540. The number of ether oxygens (including phenoxy) is 1. The molecular formula is C11H22N2O. The Balaban J connectivity index is 2.74. The standard InChI is InChI=1S/C11H22N2O/c1-4-11(2,3)10(13-12)9-7-5-6-8-14-9/h7,10,13H,4-6,8,12H2,1-3H3. The molecule has 0 saturated heterocycles. The summed E-state index contributed by atoms with van der Waals surface area (Å²) in [5.74, 6) is 6.61. The lowest BCUT2D eigenvalue weighted by Gasteiger charge is -2.35. The van der Waals surface area contributed by atoms with E-state index in [0.717, 1.165) is 31.6 Å². The predicted octanol–water partition coefficient (Wildman–Crippen LogP) is 1.95. The number of allylic oxidation sites excluding steroid dienone is 1. The smallest absolute Gasteiger partial charge is 0.111 e. The van der Waals surface area contributed by atoms with Crippen molar-refractivity contribution >= 4 is 0 Å². The number of hydrogen-bond acceptors (Lipinski definition) is 3. The van der Waals surface area contributed by atoms with Gasteiger partial charge in [0.1, 0.15) is 5.76 Å². The third kappa shape index (κ3) is 2.49. The van der Waals surface area contributed by atoms with Gasteiger partial charge in [0.05, 0.1) is 12.6 Å². The molecule has 0 fully saturated rings. The fourth-order valence-corrected chi connectivity index (χ4v) is 1.67. The maximum atomic E-state index is 5.64. The van der Waals surface area contributed by atoms with Gasteiger partial charge in [-0.15, -0.1) is 0 Å². The van der Waals surface area contributed by atoms with Gasteiger partial charge in [-0.25, -0.2) is 5.43 Å². The van der Waals surface area contributed by atoms with Gasteiger partial charge in [0.15, 0.2) is 0 Å². The van der Waals surface area contributed by atoms with Crippen molar-refractivity contribution in [3.63, 3.8) is 0 Å². The lowest BCUT2D eigenvalue weighted by molar-refractivity contribution is 0.123. The zero-order chi connectivity index (χ0) is 10.6. The molecule has 1 atom stereocenters. The summed E-state index contributed by atoms with van der Waals surface area (Å²) in [6, 6.07) is 0.132. The van der Waals surface area contributed by atoms with Gasteiger partial charge < -0.3 is 4.74 Å². The van der Waals surface area contributed by atoms with Crippen LogP contribution < -0.4 is 11.3 Å². The van der Waals surface area contributed by atoms with E-state index in [9.17, 15) is 0 Å². The molecule has 0 aromatic rings. The molecule has 3 N–H and O–H groups in total. The molecule has 1 rings (SSSR count). The second-order valence-corrected chi connectivity index (χ2v) is 4.54. The molecule has 0 radical (unpaired) electrons. The van der Waals surface area contributed by atoms with Crippen LogP contribution in [0.1, 0.15) is 40.0 Å². The Labute approximate surface area is 86.7 Å². The van der Waals surface area contributed by atoms with Crippen LogP contribution in [0.4, 0.5) is 0 Å². The second kappa shape index (κ2) is 4.80. The van der Waals surface area contributed by atoms with E-state index in [1.165, 1.54) is 0 Å². The van der Waals surface area contributed by atoms with Crippen LogP contribution in [-0.4, -0.2) is 12.6 Å². The fourth-order valence-electron chi connectivity index (χ4n) is 1.67. The highest BCUT2D eigenvalue weighted by atomic mass is 16.5. The van der Waals surface area contributed by atoms with Crippen LogP contribution in [0.25, 0.3) is 0 Å². The van der Waals surface area contributed by atoms with E-state index in [0.29, 0.717) is 0 Å². The van der Waals surface area contributed by atoms with E-state index in [1.807, 2.05) is 0 Å². The van der Waals surface area contributed by atoms with Crippen LogP contribution in [-0.2, 0) is 4.74 Å². The average molecular weight is 198 g/mol. The molecule has 0 spiro atoms. The molecule has 3 heteroatoms. The van der Waals surface area contributed by atoms with Crippen LogP contribution in [0.3, 0.4) is 0 Å². The minimum absolute atomic E-state index is 0.132. The van der Waals surface area contributed by atoms with Crippen LogP contribution in [0, 0.1) is 5.41 Å². The molecule has 0 bridgehead atoms. The van der Waals surface area contributed by atoms with Gasteiger partial charge in [0.25, 0.3) is 0 Å². The summed E-state index contributed by atoms with van der Waals surface area (Å²) in [5.41, 5.74) is 3.01. The Bertz CT molecular complexity index is 211. The van der Waals surface area contributed by atoms with Gasteiger partial charge in [-0.3, -0.25) is 5.84 Å². The monoisotopic (exact) mass is 198 g/mol. The topological polar surface area (TPSA) is 47.3 Å². The molecule has 0 saturated carbocycles. The number of hydrogen-bond donors (Lipinski definition) is 2. The molecule has 0 aliphatic carbocycles. The van der Waals surface area contributed by atoms with Crippen LogP contribution in [0.15, 0.2) is 11.8 Å². The lowest BCUT2D eigenvalue weighted by atomic mass is 9.80. The van der Waals surface area contributed by atoms with Crippen molar-refractivity contribution in [1.29, 1.82) is 0 Å². The largest absolute Gasteiger partial charge is 0.497 e. The third-order valence-corrected chi connectivity index (χ3v) is 3.11. The van der Waals surface area contributed by atoms with Crippen molar-refractivity contribution in [2.75, 3.05) is 6.61 Å². The molecule has 1 heterocycles. The summed E-state index contributed by atoms with van der Waals surface area (Å²) in [4.78, 5) is 0. The van der Waals surface area contributed by atoms with E-state index in [2.05, 4.69) is 32.3 Å². The van der Waals surface area contributed by atoms with Gasteiger partial charge in [-0.1, -0.05) is 20.8 Å². The summed E-state index contributed by atoms with van der Waals surface area (Å²) >= 11 is 0. The van der Waals surface area contributed by atoms with Crippen LogP contribution in [0.5, 0.6) is 0 Å².